The predicted octanol–water partition coefficient (Wildman–Crippen LogP) is 2.23. The molecule has 3 fully saturated rings. The molecule has 1 spiro atoms. The smallest absolute Gasteiger partial charge is 0.329 e. The predicted molar refractivity (Wildman–Crippen MR) is 141 cm³/mol. The van der Waals surface area contributed by atoms with Gasteiger partial charge < -0.3 is 25.0 Å². The summed E-state index contributed by atoms with van der Waals surface area (Å²) in [5.74, 6) is -2.24. The normalized spacial score (nSPS) is 33.8. The number of carbonyl (C=O) groups excluding carboxylic acids is 3. The van der Waals surface area contributed by atoms with Gasteiger partial charge in [-0.3, -0.25) is 14.5 Å². The SMILES string of the molecule is CC(C)[C@@H](NC(=O)C1C[C@@]2(O)[C@H]3Cc4ccc(O)c5c4[C@@]2(CCN3CC2CC2)[C@@H](O5)C1=O)C(=O)OC(C)(C)C. The van der Waals surface area contributed by atoms with E-state index < -0.39 is 52.3 Å². The number of piperidine rings is 1. The number of ketones is 1. The number of phenols is 1. The van der Waals surface area contributed by atoms with E-state index in [1.165, 1.54) is 12.8 Å². The Hall–Kier alpha value is -2.65. The van der Waals surface area contributed by atoms with Gasteiger partial charge in [0.25, 0.3) is 0 Å². The summed E-state index contributed by atoms with van der Waals surface area (Å²) in [5, 5.41) is 26.2. The Kier molecular flexibility index (Phi) is 5.91. The Morgan fingerprint density at radius 3 is 2.62 bits per heavy atom. The van der Waals surface area contributed by atoms with Gasteiger partial charge in [-0.05, 0) is 82.9 Å². The number of nitrogens with zero attached hydrogens (tertiary/aromatic N) is 1. The standard InChI is InChI=1S/C30H40N2O7/c1-15(2)22(27(36)39-28(3,4)5)31-26(35)18-13-30(37)20-12-17-8-9-19(33)24-21(17)29(30,25(38-24)23(18)34)10-11-32(20)14-16-6-7-16/h8-9,15-16,18,20,22,25,33,37H,6-7,10-14H2,1-5H3,(H,31,35)/t18?,20-,22-,25+,29+,30-/m1/s1. The first kappa shape index (κ1) is 26.6. The van der Waals surface area contributed by atoms with Crippen LogP contribution < -0.4 is 10.1 Å². The summed E-state index contributed by atoms with van der Waals surface area (Å²) in [6.07, 6.45) is 2.28. The summed E-state index contributed by atoms with van der Waals surface area (Å²) in [5.41, 5.74) is -1.44. The number of rotatable bonds is 6. The number of Topliss-reactive ketones (excluding diaryl/α,β-unsaturated/α-hetero) is 1. The van der Waals surface area contributed by atoms with Crippen LogP contribution in [0.25, 0.3) is 0 Å². The molecule has 5 aliphatic rings. The maximum absolute atomic E-state index is 14.1. The molecular weight excluding hydrogens is 500 g/mol. The van der Waals surface area contributed by atoms with Crippen molar-refractivity contribution in [3.05, 3.63) is 23.3 Å². The summed E-state index contributed by atoms with van der Waals surface area (Å²) in [6.45, 7) is 10.5. The van der Waals surface area contributed by atoms with E-state index in [4.69, 9.17) is 9.47 Å². The minimum absolute atomic E-state index is 0.0580. The number of hydrogen-bond donors (Lipinski definition) is 3. The lowest BCUT2D eigenvalue weighted by Crippen LogP contribution is -2.78. The molecule has 2 bridgehead atoms. The molecule has 1 aromatic carbocycles. The number of ether oxygens (including phenoxy) is 2. The van der Waals surface area contributed by atoms with E-state index in [0.29, 0.717) is 18.8 Å². The molecule has 1 amide bonds. The van der Waals surface area contributed by atoms with Gasteiger partial charge >= 0.3 is 5.97 Å². The van der Waals surface area contributed by atoms with Crippen LogP contribution in [-0.4, -0.2) is 75.3 Å². The second-order valence-corrected chi connectivity index (χ2v) is 13.7. The van der Waals surface area contributed by atoms with E-state index in [1.807, 2.05) is 19.9 Å². The molecule has 9 heteroatoms. The zero-order chi connectivity index (χ0) is 28.1. The molecule has 212 valence electrons. The van der Waals surface area contributed by atoms with Crippen molar-refractivity contribution < 1.29 is 34.1 Å². The average Bonchev–Trinajstić information content (AvgIpc) is 3.58. The molecule has 2 aliphatic heterocycles. The van der Waals surface area contributed by atoms with Crippen molar-refractivity contribution in [1.82, 2.24) is 10.2 Å². The largest absolute Gasteiger partial charge is 0.504 e. The Balaban J connectivity index is 1.37. The van der Waals surface area contributed by atoms with Crippen molar-refractivity contribution >= 4 is 17.7 Å². The zero-order valence-electron chi connectivity index (χ0n) is 23.5. The number of esters is 1. The summed E-state index contributed by atoms with van der Waals surface area (Å²) in [7, 11) is 0. The van der Waals surface area contributed by atoms with Crippen LogP contribution in [0, 0.1) is 17.8 Å². The molecule has 1 unspecified atom stereocenters. The molecule has 0 radical (unpaired) electrons. The van der Waals surface area contributed by atoms with Crippen molar-refractivity contribution in [3.63, 3.8) is 0 Å². The number of phenolic OH excluding ortho intramolecular Hbond substituents is 1. The van der Waals surface area contributed by atoms with Crippen LogP contribution in [-0.2, 0) is 31.0 Å². The summed E-state index contributed by atoms with van der Waals surface area (Å²) < 4.78 is 11.8. The first-order valence-corrected chi connectivity index (χ1v) is 14.3. The van der Waals surface area contributed by atoms with Crippen molar-refractivity contribution in [2.24, 2.45) is 17.8 Å². The molecular formula is C30H40N2O7. The van der Waals surface area contributed by atoms with Crippen LogP contribution in [0.1, 0.15) is 71.4 Å². The van der Waals surface area contributed by atoms with Gasteiger partial charge in [-0.15, -0.1) is 0 Å². The fourth-order valence-corrected chi connectivity index (χ4v) is 7.64. The number of carbonyl (C=O) groups is 3. The highest BCUT2D eigenvalue weighted by Gasteiger charge is 2.75. The topological polar surface area (TPSA) is 125 Å². The molecule has 1 saturated heterocycles. The quantitative estimate of drug-likeness (QED) is 0.371. The maximum atomic E-state index is 14.1. The summed E-state index contributed by atoms with van der Waals surface area (Å²) in [4.78, 5) is 43.1. The zero-order valence-corrected chi connectivity index (χ0v) is 23.5. The number of hydrogen-bond acceptors (Lipinski definition) is 8. The van der Waals surface area contributed by atoms with Crippen LogP contribution in [0.4, 0.5) is 0 Å². The van der Waals surface area contributed by atoms with E-state index in [9.17, 15) is 24.6 Å². The number of amides is 1. The van der Waals surface area contributed by atoms with Crippen LogP contribution in [0.5, 0.6) is 11.5 Å². The van der Waals surface area contributed by atoms with Gasteiger partial charge in [-0.2, -0.15) is 0 Å². The maximum Gasteiger partial charge on any atom is 0.329 e. The highest BCUT2D eigenvalue weighted by atomic mass is 16.6. The van der Waals surface area contributed by atoms with Gasteiger partial charge in [0, 0.05) is 18.2 Å². The number of likely N-dealkylation sites (tertiary alicyclic amines) is 1. The Labute approximate surface area is 229 Å². The number of aromatic hydroxyl groups is 1. The third-order valence-corrected chi connectivity index (χ3v) is 9.57. The minimum Gasteiger partial charge on any atom is -0.504 e. The Morgan fingerprint density at radius 1 is 1.26 bits per heavy atom. The average molecular weight is 541 g/mol. The van der Waals surface area contributed by atoms with Crippen LogP contribution in [0.2, 0.25) is 0 Å². The lowest BCUT2D eigenvalue weighted by atomic mass is 9.47. The Bertz CT molecular complexity index is 1230. The molecule has 3 N–H and O–H groups in total. The molecule has 39 heavy (non-hydrogen) atoms. The first-order valence-electron chi connectivity index (χ1n) is 14.3. The number of aliphatic hydroxyl groups is 1. The van der Waals surface area contributed by atoms with Gasteiger partial charge in [-0.25, -0.2) is 4.79 Å². The van der Waals surface area contributed by atoms with E-state index >= 15 is 0 Å². The number of benzene rings is 1. The van der Waals surface area contributed by atoms with Crippen molar-refractivity contribution in [3.8, 4) is 11.5 Å². The fourth-order valence-electron chi connectivity index (χ4n) is 7.64. The van der Waals surface area contributed by atoms with Gasteiger partial charge in [-0.1, -0.05) is 19.9 Å². The molecule has 2 heterocycles. The summed E-state index contributed by atoms with van der Waals surface area (Å²) >= 11 is 0. The van der Waals surface area contributed by atoms with Crippen molar-refractivity contribution in [1.29, 1.82) is 0 Å². The second-order valence-electron chi connectivity index (χ2n) is 13.7. The van der Waals surface area contributed by atoms with Gasteiger partial charge in [0.15, 0.2) is 23.4 Å². The molecule has 6 rings (SSSR count). The third kappa shape index (κ3) is 3.90. The molecule has 9 nitrogen and oxygen atoms in total. The molecule has 0 aromatic heterocycles. The van der Waals surface area contributed by atoms with E-state index in [2.05, 4.69) is 10.2 Å². The van der Waals surface area contributed by atoms with Crippen LogP contribution >= 0.6 is 0 Å². The molecule has 2 saturated carbocycles. The lowest BCUT2D eigenvalue weighted by Gasteiger charge is -2.63. The van der Waals surface area contributed by atoms with Gasteiger partial charge in [0.05, 0.1) is 11.0 Å². The van der Waals surface area contributed by atoms with Gasteiger partial charge in [0.2, 0.25) is 5.91 Å². The highest BCUT2D eigenvalue weighted by Crippen LogP contribution is 2.65. The molecule has 6 atom stereocenters. The lowest BCUT2D eigenvalue weighted by molar-refractivity contribution is -0.199. The van der Waals surface area contributed by atoms with Crippen molar-refractivity contribution in [2.45, 2.75) is 102 Å². The Morgan fingerprint density at radius 2 is 1.97 bits per heavy atom. The van der Waals surface area contributed by atoms with Crippen molar-refractivity contribution in [2.75, 3.05) is 13.1 Å². The first-order chi connectivity index (χ1) is 18.3. The van der Waals surface area contributed by atoms with Gasteiger partial charge in [0.1, 0.15) is 17.6 Å². The monoisotopic (exact) mass is 540 g/mol. The van der Waals surface area contributed by atoms with E-state index in [1.54, 1.807) is 26.8 Å². The summed E-state index contributed by atoms with van der Waals surface area (Å²) in [6, 6.07) is 2.25. The number of nitrogens with one attached hydrogen (secondary N) is 1. The second kappa shape index (κ2) is 8.67. The van der Waals surface area contributed by atoms with Crippen LogP contribution in [0.15, 0.2) is 12.1 Å². The minimum atomic E-state index is -1.41. The molecule has 1 aromatic rings. The third-order valence-electron chi connectivity index (χ3n) is 9.57. The highest BCUT2D eigenvalue weighted by molar-refractivity contribution is 6.07. The van der Waals surface area contributed by atoms with E-state index in [-0.39, 0.29) is 29.9 Å². The fraction of sp³-hybridized carbons (Fsp3) is 0.700. The van der Waals surface area contributed by atoms with Crippen LogP contribution in [0.3, 0.4) is 0 Å². The van der Waals surface area contributed by atoms with E-state index in [0.717, 1.165) is 24.2 Å². The molecule has 3 aliphatic carbocycles.